The smallest absolute Gasteiger partial charge is 0.306 e. The zero-order valence-corrected chi connectivity index (χ0v) is 10.8. The minimum Gasteiger partial charge on any atom is -0.547 e. The predicted molar refractivity (Wildman–Crippen MR) is 66.4 cm³/mol. The Bertz CT molecular complexity index is 405. The molecule has 8 heteroatoms. The van der Waals surface area contributed by atoms with Crippen molar-refractivity contribution in [3.05, 3.63) is 29.8 Å². The molecule has 0 aliphatic carbocycles. The van der Waals surface area contributed by atoms with Gasteiger partial charge in [-0.3, -0.25) is 4.79 Å². The monoisotopic (exact) mass is 289 g/mol. The van der Waals surface area contributed by atoms with Crippen molar-refractivity contribution in [2.45, 2.75) is 18.9 Å². The van der Waals surface area contributed by atoms with Gasteiger partial charge in [-0.25, -0.2) is 0 Å². The fourth-order valence-electron chi connectivity index (χ4n) is 1.12. The van der Waals surface area contributed by atoms with Crippen LogP contribution in [0, 0.1) is 0 Å². The Morgan fingerprint density at radius 1 is 1.25 bits per heavy atom. The number of carboxylic acids is 2. The third kappa shape index (κ3) is 9.83. The lowest BCUT2D eigenvalue weighted by Crippen LogP contribution is -2.51. The highest BCUT2D eigenvalue weighted by Crippen LogP contribution is 2.08. The summed E-state index contributed by atoms with van der Waals surface area (Å²) in [6.45, 7) is 0.908. The predicted octanol–water partition coefficient (Wildman–Crippen LogP) is -3.08. The standard InChI is InChI=1S/C8H11NO.C4H6O5.H2O/c9-6-5-7-1-3-8(10)4-2-7;5-2(4(8)9)1-3(6)7;/h1-4,10H,5-6,9H2;2,5H,1H2,(H,6,7)(H,8,9);1H2/t;2-;/m.1./s1. The van der Waals surface area contributed by atoms with Crippen molar-refractivity contribution in [1.82, 2.24) is 0 Å². The van der Waals surface area contributed by atoms with E-state index >= 15 is 0 Å². The molecule has 0 aromatic heterocycles. The number of carbonyl (C=O) groups excluding carboxylic acids is 1. The minimum atomic E-state index is -1.90. The number of hydrogen-bond donors (Lipinski definition) is 4. The molecule has 114 valence electrons. The van der Waals surface area contributed by atoms with Gasteiger partial charge in [-0.05, 0) is 17.7 Å². The molecule has 20 heavy (non-hydrogen) atoms. The van der Waals surface area contributed by atoms with Gasteiger partial charge in [-0.15, -0.1) is 0 Å². The first-order valence-corrected chi connectivity index (χ1v) is 5.54. The van der Waals surface area contributed by atoms with Gasteiger partial charge in [0.2, 0.25) is 0 Å². The van der Waals surface area contributed by atoms with E-state index in [1.54, 1.807) is 12.1 Å². The van der Waals surface area contributed by atoms with Crippen LogP contribution in [0.1, 0.15) is 12.0 Å². The number of carbonyl (C=O) groups is 2. The largest absolute Gasteiger partial charge is 0.547 e. The number of rotatable bonds is 5. The van der Waals surface area contributed by atoms with Crippen LogP contribution in [-0.2, 0) is 16.0 Å². The zero-order chi connectivity index (χ0) is 14.8. The average Bonchev–Trinajstić information content (AvgIpc) is 2.32. The van der Waals surface area contributed by atoms with E-state index in [1.165, 1.54) is 5.56 Å². The van der Waals surface area contributed by atoms with Crippen LogP contribution in [0.2, 0.25) is 0 Å². The fraction of sp³-hybridized carbons (Fsp3) is 0.333. The molecule has 0 radical (unpaired) electrons. The van der Waals surface area contributed by atoms with Crippen molar-refractivity contribution in [3.63, 3.8) is 0 Å². The number of hydrogen-bond acceptors (Lipinski definition) is 5. The second kappa shape index (κ2) is 10.7. The molecule has 8 N–H and O–H groups in total. The Kier molecular flexibility index (Phi) is 10.8. The summed E-state index contributed by atoms with van der Waals surface area (Å²) in [6.07, 6.45) is -1.73. The van der Waals surface area contributed by atoms with Crippen molar-refractivity contribution >= 4 is 11.9 Å². The van der Waals surface area contributed by atoms with Crippen molar-refractivity contribution in [2.75, 3.05) is 6.54 Å². The summed E-state index contributed by atoms with van der Waals surface area (Å²) in [5, 5.41) is 34.7. The summed E-state index contributed by atoms with van der Waals surface area (Å²) in [5.41, 5.74) is 4.97. The lowest BCUT2D eigenvalue weighted by molar-refractivity contribution is -0.366. The molecule has 8 nitrogen and oxygen atoms in total. The molecule has 0 aliphatic heterocycles. The van der Waals surface area contributed by atoms with E-state index in [0.29, 0.717) is 5.75 Å². The van der Waals surface area contributed by atoms with Crippen LogP contribution in [-0.4, -0.2) is 45.4 Å². The van der Waals surface area contributed by atoms with Crippen LogP contribution in [0.5, 0.6) is 5.75 Å². The molecule has 0 saturated carbocycles. The molecule has 0 saturated heterocycles. The Morgan fingerprint density at radius 3 is 2.05 bits per heavy atom. The van der Waals surface area contributed by atoms with Crippen LogP contribution < -0.4 is 10.8 Å². The van der Waals surface area contributed by atoms with Crippen LogP contribution in [0.3, 0.4) is 0 Å². The van der Waals surface area contributed by atoms with E-state index in [0.717, 1.165) is 13.0 Å². The van der Waals surface area contributed by atoms with E-state index in [4.69, 9.17) is 15.3 Å². The maximum absolute atomic E-state index is 9.66. The van der Waals surface area contributed by atoms with Crippen LogP contribution in [0.15, 0.2) is 24.3 Å². The van der Waals surface area contributed by atoms with Crippen molar-refractivity contribution in [1.29, 1.82) is 0 Å². The van der Waals surface area contributed by atoms with Gasteiger partial charge in [-0.1, -0.05) is 12.1 Å². The lowest BCUT2D eigenvalue weighted by Gasteiger charge is -2.06. The SMILES string of the molecule is O.O=C(O)C[C@@H](O)C(=O)[O-].[NH3+]CCc1ccc(O)cc1. The van der Waals surface area contributed by atoms with E-state index in [-0.39, 0.29) is 5.48 Å². The molecular weight excluding hydrogens is 270 g/mol. The van der Waals surface area contributed by atoms with Gasteiger partial charge in [-0.2, -0.15) is 0 Å². The molecule has 0 fully saturated rings. The molecule has 0 bridgehead atoms. The van der Waals surface area contributed by atoms with Crippen LogP contribution in [0.4, 0.5) is 0 Å². The normalized spacial score (nSPS) is 10.5. The second-order valence-corrected chi connectivity index (χ2v) is 3.70. The van der Waals surface area contributed by atoms with Crippen LogP contribution in [0.25, 0.3) is 0 Å². The number of aliphatic hydroxyl groups excluding tert-OH is 1. The highest BCUT2D eigenvalue weighted by molar-refractivity contribution is 5.77. The quantitative estimate of drug-likeness (QED) is 0.446. The first-order valence-electron chi connectivity index (χ1n) is 5.54. The zero-order valence-electron chi connectivity index (χ0n) is 10.8. The number of quaternary nitrogens is 1. The highest BCUT2D eigenvalue weighted by atomic mass is 16.4. The molecule has 0 spiro atoms. The summed E-state index contributed by atoms with van der Waals surface area (Å²) in [7, 11) is 0. The number of aliphatic carboxylic acids is 2. The molecule has 0 amide bonds. The van der Waals surface area contributed by atoms with Gasteiger partial charge in [0.1, 0.15) is 11.9 Å². The summed E-state index contributed by atoms with van der Waals surface area (Å²) >= 11 is 0. The van der Waals surface area contributed by atoms with Gasteiger partial charge in [0.05, 0.1) is 18.9 Å². The Morgan fingerprint density at radius 2 is 1.75 bits per heavy atom. The third-order valence-electron chi connectivity index (χ3n) is 2.04. The number of benzene rings is 1. The van der Waals surface area contributed by atoms with Crippen molar-refractivity contribution < 1.29 is 41.2 Å². The lowest BCUT2D eigenvalue weighted by atomic mass is 10.1. The fourth-order valence-corrected chi connectivity index (χ4v) is 1.12. The molecule has 1 atom stereocenters. The van der Waals surface area contributed by atoms with E-state index < -0.39 is 24.5 Å². The number of carboxylic acid groups (broad SMARTS) is 2. The summed E-state index contributed by atoms with van der Waals surface area (Å²) in [4.78, 5) is 19.3. The first-order chi connectivity index (χ1) is 8.86. The number of aromatic hydroxyl groups is 1. The van der Waals surface area contributed by atoms with Gasteiger partial charge in [0.25, 0.3) is 0 Å². The molecular formula is C12H19NO7. The summed E-state index contributed by atoms with van der Waals surface area (Å²) < 4.78 is 0. The number of aliphatic hydroxyl groups is 1. The Balaban J connectivity index is 0. The maximum Gasteiger partial charge on any atom is 0.306 e. The summed E-state index contributed by atoms with van der Waals surface area (Å²) in [5.74, 6) is -2.81. The average molecular weight is 289 g/mol. The first kappa shape index (κ1) is 20.2. The molecule has 0 aliphatic rings. The molecule has 1 aromatic carbocycles. The molecule has 1 aromatic rings. The molecule has 0 heterocycles. The van der Waals surface area contributed by atoms with Gasteiger partial charge in [0.15, 0.2) is 0 Å². The van der Waals surface area contributed by atoms with E-state index in [2.05, 4.69) is 5.73 Å². The van der Waals surface area contributed by atoms with Gasteiger partial charge in [0, 0.05) is 6.42 Å². The Labute approximate surface area is 115 Å². The van der Waals surface area contributed by atoms with Crippen molar-refractivity contribution in [3.8, 4) is 5.75 Å². The number of phenols is 1. The van der Waals surface area contributed by atoms with Crippen molar-refractivity contribution in [2.24, 2.45) is 0 Å². The van der Waals surface area contributed by atoms with Crippen LogP contribution >= 0.6 is 0 Å². The van der Waals surface area contributed by atoms with E-state index in [9.17, 15) is 14.7 Å². The minimum absolute atomic E-state index is 0. The maximum atomic E-state index is 9.66. The van der Waals surface area contributed by atoms with Gasteiger partial charge >= 0.3 is 5.97 Å². The summed E-state index contributed by atoms with van der Waals surface area (Å²) in [6, 6.07) is 7.23. The molecule has 1 rings (SSSR count). The topological polar surface area (TPSA) is 177 Å². The highest BCUT2D eigenvalue weighted by Gasteiger charge is 2.08. The number of phenolic OH excluding ortho intramolecular Hbond substituents is 1. The molecule has 0 unspecified atom stereocenters. The second-order valence-electron chi connectivity index (χ2n) is 3.70. The third-order valence-corrected chi connectivity index (χ3v) is 2.04. The van der Waals surface area contributed by atoms with Gasteiger partial charge < -0.3 is 36.4 Å². The van der Waals surface area contributed by atoms with E-state index in [1.807, 2.05) is 12.1 Å². The Hall–Kier alpha value is -2.16.